The summed E-state index contributed by atoms with van der Waals surface area (Å²) in [5.74, 6) is 2.41. The van der Waals surface area contributed by atoms with Crippen molar-refractivity contribution in [1.29, 1.82) is 0 Å². The van der Waals surface area contributed by atoms with Gasteiger partial charge in [0.25, 0.3) is 0 Å². The topological polar surface area (TPSA) is 60.8 Å². The maximum atomic E-state index is 11.9. The number of benzene rings is 1. The number of aromatic hydroxyl groups is 1. The van der Waals surface area contributed by atoms with Gasteiger partial charge in [0.15, 0.2) is 0 Å². The molecule has 20 heavy (non-hydrogen) atoms. The van der Waals surface area contributed by atoms with Crippen molar-refractivity contribution in [2.45, 2.75) is 18.8 Å². The van der Waals surface area contributed by atoms with Crippen molar-refractivity contribution in [2.75, 3.05) is 19.7 Å². The summed E-state index contributed by atoms with van der Waals surface area (Å²) in [6, 6.07) is 3.05. The van der Waals surface area contributed by atoms with Crippen molar-refractivity contribution in [2.24, 2.45) is 0 Å². The summed E-state index contributed by atoms with van der Waals surface area (Å²) in [5.41, 5.74) is 1.02. The quantitative estimate of drug-likeness (QED) is 0.831. The van der Waals surface area contributed by atoms with E-state index in [4.69, 9.17) is 23.1 Å². The molecule has 4 nitrogen and oxygen atoms in total. The number of carbonyl (C=O) groups is 1. The van der Waals surface area contributed by atoms with Crippen molar-refractivity contribution >= 4 is 17.5 Å². The number of terminal acetylenes is 1. The van der Waals surface area contributed by atoms with E-state index in [2.05, 4.69) is 5.92 Å². The molecule has 0 radical (unpaired) electrons. The first-order valence-corrected chi connectivity index (χ1v) is 6.83. The molecule has 0 bridgehead atoms. The Bertz CT molecular complexity index is 565. The lowest BCUT2D eigenvalue weighted by Gasteiger charge is -2.18. The third kappa shape index (κ3) is 2.74. The molecular formula is C15H16ClNO3. The van der Waals surface area contributed by atoms with Crippen molar-refractivity contribution in [3.05, 3.63) is 28.3 Å². The second-order valence-corrected chi connectivity index (χ2v) is 5.22. The molecule has 1 fully saturated rings. The zero-order valence-corrected chi connectivity index (χ0v) is 11.7. The first kappa shape index (κ1) is 14.7. The smallest absolute Gasteiger partial charge is 0.223 e. The van der Waals surface area contributed by atoms with Gasteiger partial charge >= 0.3 is 0 Å². The first-order valence-electron chi connectivity index (χ1n) is 6.45. The van der Waals surface area contributed by atoms with Gasteiger partial charge in [-0.1, -0.05) is 17.5 Å². The highest BCUT2D eigenvalue weighted by molar-refractivity contribution is 6.32. The van der Waals surface area contributed by atoms with Crippen LogP contribution in [0.5, 0.6) is 5.75 Å². The zero-order valence-electron chi connectivity index (χ0n) is 11.0. The van der Waals surface area contributed by atoms with Crippen LogP contribution >= 0.6 is 11.6 Å². The Labute approximate surface area is 123 Å². The molecule has 1 aliphatic rings. The van der Waals surface area contributed by atoms with Gasteiger partial charge in [-0.05, 0) is 18.6 Å². The molecule has 0 spiro atoms. The van der Waals surface area contributed by atoms with Crippen LogP contribution in [0.3, 0.4) is 0 Å². The van der Waals surface area contributed by atoms with Crippen LogP contribution in [0.25, 0.3) is 0 Å². The second kappa shape index (κ2) is 6.17. The van der Waals surface area contributed by atoms with Crippen LogP contribution in [-0.4, -0.2) is 40.7 Å². The van der Waals surface area contributed by atoms with Gasteiger partial charge in [0.2, 0.25) is 5.91 Å². The number of phenolic OH excluding ortho intramolecular Hbond substituents is 1. The fraction of sp³-hybridized carbons (Fsp3) is 0.400. The van der Waals surface area contributed by atoms with Crippen molar-refractivity contribution < 1.29 is 15.0 Å². The predicted molar refractivity (Wildman–Crippen MR) is 76.7 cm³/mol. The highest BCUT2D eigenvalue weighted by Gasteiger charge is 2.33. The van der Waals surface area contributed by atoms with E-state index in [9.17, 15) is 9.90 Å². The summed E-state index contributed by atoms with van der Waals surface area (Å²) >= 11 is 6.05. The Morgan fingerprint density at radius 1 is 1.50 bits per heavy atom. The van der Waals surface area contributed by atoms with Crippen LogP contribution in [0.2, 0.25) is 5.02 Å². The van der Waals surface area contributed by atoms with Gasteiger partial charge in [0.1, 0.15) is 5.75 Å². The van der Waals surface area contributed by atoms with Crippen LogP contribution in [0.15, 0.2) is 12.1 Å². The number of aliphatic hydroxyl groups excluding tert-OH is 1. The average molecular weight is 294 g/mol. The van der Waals surface area contributed by atoms with Crippen LogP contribution in [0, 0.1) is 12.3 Å². The number of amides is 1. The predicted octanol–water partition coefficient (Wildman–Crippen LogP) is 1.73. The molecule has 0 aliphatic carbocycles. The molecule has 0 saturated carbocycles. The van der Waals surface area contributed by atoms with Crippen molar-refractivity contribution in [3.8, 4) is 18.1 Å². The molecule has 1 saturated heterocycles. The molecule has 1 aromatic rings. The number of phenols is 1. The van der Waals surface area contributed by atoms with E-state index in [0.717, 1.165) is 0 Å². The van der Waals surface area contributed by atoms with Gasteiger partial charge in [0, 0.05) is 37.6 Å². The first-order chi connectivity index (χ1) is 9.58. The summed E-state index contributed by atoms with van der Waals surface area (Å²) in [4.78, 5) is 13.6. The van der Waals surface area contributed by atoms with Gasteiger partial charge in [-0.15, -0.1) is 6.42 Å². The summed E-state index contributed by atoms with van der Waals surface area (Å²) in [7, 11) is 0. The molecule has 1 aromatic carbocycles. The maximum Gasteiger partial charge on any atom is 0.223 e. The number of carbonyl (C=O) groups excluding carboxylic acids is 1. The minimum atomic E-state index is -0.161. The van der Waals surface area contributed by atoms with Crippen LogP contribution < -0.4 is 0 Å². The third-order valence-electron chi connectivity index (χ3n) is 3.52. The van der Waals surface area contributed by atoms with Gasteiger partial charge < -0.3 is 15.1 Å². The van der Waals surface area contributed by atoms with E-state index in [1.165, 1.54) is 6.07 Å². The van der Waals surface area contributed by atoms with Gasteiger partial charge in [0.05, 0.1) is 10.6 Å². The Morgan fingerprint density at radius 3 is 2.90 bits per heavy atom. The fourth-order valence-corrected chi connectivity index (χ4v) is 2.80. The number of rotatable bonds is 4. The van der Waals surface area contributed by atoms with E-state index < -0.39 is 0 Å². The fourth-order valence-electron chi connectivity index (χ4n) is 2.59. The lowest BCUT2D eigenvalue weighted by atomic mass is 9.92. The minimum Gasteiger partial charge on any atom is -0.508 e. The average Bonchev–Trinajstić information content (AvgIpc) is 2.79. The van der Waals surface area contributed by atoms with E-state index in [-0.39, 0.29) is 24.2 Å². The number of hydrogen-bond acceptors (Lipinski definition) is 3. The Hall–Kier alpha value is -1.70. The summed E-state index contributed by atoms with van der Waals surface area (Å²) in [6.07, 6.45) is 6.30. The van der Waals surface area contributed by atoms with E-state index in [0.29, 0.717) is 42.1 Å². The van der Waals surface area contributed by atoms with E-state index >= 15 is 0 Å². The number of hydrogen-bond donors (Lipinski definition) is 2. The number of nitrogens with zero attached hydrogens (tertiary/aromatic N) is 1. The largest absolute Gasteiger partial charge is 0.508 e. The summed E-state index contributed by atoms with van der Waals surface area (Å²) in [6.45, 7) is 1.05. The minimum absolute atomic E-state index is 0.00537. The molecule has 1 unspecified atom stereocenters. The molecule has 2 rings (SSSR count). The lowest BCUT2D eigenvalue weighted by molar-refractivity contribution is -0.127. The highest BCUT2D eigenvalue weighted by Crippen LogP contribution is 2.38. The molecule has 0 aromatic heterocycles. The molecule has 5 heteroatoms. The van der Waals surface area contributed by atoms with Gasteiger partial charge in [-0.2, -0.15) is 0 Å². The van der Waals surface area contributed by atoms with Crippen LogP contribution in [0.1, 0.15) is 29.9 Å². The van der Waals surface area contributed by atoms with Gasteiger partial charge in [-0.25, -0.2) is 0 Å². The third-order valence-corrected chi connectivity index (χ3v) is 3.84. The molecule has 1 heterocycles. The number of halogens is 1. The molecule has 106 valence electrons. The van der Waals surface area contributed by atoms with Crippen LogP contribution in [-0.2, 0) is 4.79 Å². The normalized spacial score (nSPS) is 18.4. The summed E-state index contributed by atoms with van der Waals surface area (Å²) in [5, 5.41) is 19.3. The van der Waals surface area contributed by atoms with Gasteiger partial charge in [-0.3, -0.25) is 4.79 Å². The monoisotopic (exact) mass is 293 g/mol. The Kier molecular flexibility index (Phi) is 4.53. The molecule has 2 N–H and O–H groups in total. The lowest BCUT2D eigenvalue weighted by Crippen LogP contribution is -2.26. The second-order valence-electron chi connectivity index (χ2n) is 4.82. The van der Waals surface area contributed by atoms with Crippen LogP contribution in [0.4, 0.5) is 0 Å². The molecule has 1 amide bonds. The van der Waals surface area contributed by atoms with Crippen molar-refractivity contribution in [1.82, 2.24) is 4.90 Å². The van der Waals surface area contributed by atoms with E-state index in [1.807, 2.05) is 0 Å². The zero-order chi connectivity index (χ0) is 14.7. The molecular weight excluding hydrogens is 278 g/mol. The Balaban J connectivity index is 2.28. The SMILES string of the molecule is C#Cc1c(Cl)ccc(O)c1C1CC(=O)N(CCCO)C1. The number of aliphatic hydroxyl groups is 1. The molecule has 1 aliphatic heterocycles. The Morgan fingerprint density at radius 2 is 2.25 bits per heavy atom. The maximum absolute atomic E-state index is 11.9. The molecule has 1 atom stereocenters. The van der Waals surface area contributed by atoms with E-state index in [1.54, 1.807) is 11.0 Å². The summed E-state index contributed by atoms with van der Waals surface area (Å²) < 4.78 is 0. The van der Waals surface area contributed by atoms with Crippen molar-refractivity contribution in [3.63, 3.8) is 0 Å². The number of likely N-dealkylation sites (tertiary alicyclic amines) is 1. The standard InChI is InChI=1S/C15H16ClNO3/c1-2-11-12(16)4-5-13(19)15(11)10-8-14(20)17(9-10)6-3-7-18/h1,4-5,10,18-19H,3,6-9H2. The highest BCUT2D eigenvalue weighted by atomic mass is 35.5.